The smallest absolute Gasteiger partial charge is 0.246 e. The van der Waals surface area contributed by atoms with Crippen LogP contribution in [0.4, 0.5) is 16.2 Å². The highest BCUT2D eigenvalue weighted by atomic mass is 35.5. The number of β-amino-alcohol motifs (C(OH)–C–C–N with tert-alkyl or cyclic N) is 1. The number of aliphatic hydroxyl groups excluding tert-OH is 1. The number of aromatic nitrogens is 3. The van der Waals surface area contributed by atoms with Crippen molar-refractivity contribution in [3.8, 4) is 27.3 Å². The number of benzene rings is 4. The van der Waals surface area contributed by atoms with Crippen LogP contribution in [0.3, 0.4) is 0 Å². The number of ether oxygens (including phenoxy) is 4. The standard InChI is InChI=1S/C62H76ClFN10O11S/c1-7-51(78)72-20-22-73(23-21-72)58-47-35-48(63)53(46-33-43(75)32-42-10-8-9-11-45(42)46)54(64)55(47)69-61(70-58)66-19-17-52(79)71(6)24-25-82-26-27-83-28-29-84-30-31-85-37-50(77)68-57(62(3,4)5)60(81)74-36-44(76)34-49(74)59(80)65-18-16-40-12-14-41(15-13-40)56-39(2)67-38-86-56/h7-15,32-33,35,38,44,49,57,75-76H,1,16-31,34,36-37H2,2-6H3,(H,65,80)(H,68,77)(H,66,69,70)/t44-,49-,57+/m0/s1. The van der Waals surface area contributed by atoms with E-state index < -0.39 is 41.2 Å². The number of nitrogens with zero attached hydrogens (tertiary/aromatic N) is 7. The van der Waals surface area contributed by atoms with Crippen molar-refractivity contribution in [2.75, 3.05) is 122 Å². The second-order valence-corrected chi connectivity index (χ2v) is 23.5. The Hall–Kier alpha value is -7.38. The molecular formula is C62H76ClFN10O11S. The summed E-state index contributed by atoms with van der Waals surface area (Å²) in [6.07, 6.45) is 1.12. The van der Waals surface area contributed by atoms with Crippen LogP contribution in [0, 0.1) is 18.2 Å². The monoisotopic (exact) mass is 1220 g/mol. The fraction of sp³-hybridized carbons (Fsp3) is 0.452. The van der Waals surface area contributed by atoms with Crippen LogP contribution in [0.25, 0.3) is 43.2 Å². The first kappa shape index (κ1) is 64.6. The van der Waals surface area contributed by atoms with Gasteiger partial charge in [0.25, 0.3) is 0 Å². The molecule has 460 valence electrons. The molecule has 86 heavy (non-hydrogen) atoms. The molecule has 24 heteroatoms. The van der Waals surface area contributed by atoms with Gasteiger partial charge in [0, 0.05) is 83.2 Å². The summed E-state index contributed by atoms with van der Waals surface area (Å²) in [6.45, 7) is 14.7. The van der Waals surface area contributed by atoms with Crippen LogP contribution in [0.5, 0.6) is 5.75 Å². The first-order valence-electron chi connectivity index (χ1n) is 28.7. The van der Waals surface area contributed by atoms with Gasteiger partial charge in [-0.3, -0.25) is 24.0 Å². The van der Waals surface area contributed by atoms with Gasteiger partial charge >= 0.3 is 0 Å². The number of thiazole rings is 1. The number of aliphatic hydroxyl groups is 1. The van der Waals surface area contributed by atoms with E-state index in [4.69, 9.17) is 35.5 Å². The lowest BCUT2D eigenvalue weighted by molar-refractivity contribution is -0.144. The number of nitrogens with one attached hydrogen (secondary N) is 3. The number of amides is 5. The van der Waals surface area contributed by atoms with Crippen LogP contribution in [0.1, 0.15) is 44.9 Å². The predicted molar refractivity (Wildman–Crippen MR) is 329 cm³/mol. The maximum atomic E-state index is 17.0. The number of aryl methyl sites for hydroxylation is 1. The minimum absolute atomic E-state index is 0.00753. The van der Waals surface area contributed by atoms with E-state index in [1.165, 1.54) is 17.0 Å². The third-order valence-electron chi connectivity index (χ3n) is 15.0. The third-order valence-corrected chi connectivity index (χ3v) is 16.2. The lowest BCUT2D eigenvalue weighted by Gasteiger charge is -2.35. The summed E-state index contributed by atoms with van der Waals surface area (Å²) in [7, 11) is 1.67. The van der Waals surface area contributed by atoms with Crippen molar-refractivity contribution in [1.82, 2.24) is 40.3 Å². The van der Waals surface area contributed by atoms with Gasteiger partial charge in [-0.05, 0) is 70.5 Å². The SMILES string of the molecule is C=CC(=O)N1CCN(c2nc(NCCC(=O)N(C)CCOCCOCCOCCOCC(=O)N[C@H](C(=O)N3C[C@@H](O)C[C@H]3C(=O)NCCc3ccc(-c4scnc4C)cc3)C(C)(C)C)nc3c(F)c(-c4cc(O)cc5ccccc45)c(Cl)cc23)CC1. The summed E-state index contributed by atoms with van der Waals surface area (Å²) in [5, 5.41) is 31.9. The number of likely N-dealkylation sites (N-methyl/N-ethyl adjacent to an activating group) is 1. The molecule has 0 spiro atoms. The van der Waals surface area contributed by atoms with Crippen molar-refractivity contribution in [2.24, 2.45) is 5.41 Å². The minimum Gasteiger partial charge on any atom is -0.508 e. The summed E-state index contributed by atoms with van der Waals surface area (Å²) in [5.41, 5.74) is 4.65. The molecular weight excluding hydrogens is 1150 g/mol. The number of carbonyl (C=O) groups excluding carboxylic acids is 5. The van der Waals surface area contributed by atoms with Crippen LogP contribution >= 0.6 is 22.9 Å². The normalized spacial score (nSPS) is 15.7. The molecule has 0 aliphatic carbocycles. The number of aromatic hydroxyl groups is 1. The van der Waals surface area contributed by atoms with E-state index in [0.717, 1.165) is 21.7 Å². The summed E-state index contributed by atoms with van der Waals surface area (Å²) in [4.78, 5) is 87.4. The summed E-state index contributed by atoms with van der Waals surface area (Å²) < 4.78 is 39.4. The number of piperazine rings is 1. The molecule has 2 fully saturated rings. The zero-order valence-corrected chi connectivity index (χ0v) is 50.8. The Labute approximate surface area is 508 Å². The van der Waals surface area contributed by atoms with Gasteiger partial charge in [0.1, 0.15) is 35.8 Å². The van der Waals surface area contributed by atoms with Gasteiger partial charge < -0.3 is 64.7 Å². The van der Waals surface area contributed by atoms with E-state index in [2.05, 4.69) is 32.5 Å². The van der Waals surface area contributed by atoms with Gasteiger partial charge in [0.05, 0.1) is 73.5 Å². The van der Waals surface area contributed by atoms with E-state index in [9.17, 15) is 34.2 Å². The Morgan fingerprint density at radius 1 is 0.907 bits per heavy atom. The van der Waals surface area contributed by atoms with Gasteiger partial charge in [0.15, 0.2) is 5.82 Å². The maximum Gasteiger partial charge on any atom is 0.246 e. The van der Waals surface area contributed by atoms with Crippen molar-refractivity contribution < 1.29 is 57.5 Å². The topological polar surface area (TPSA) is 250 Å². The quantitative estimate of drug-likeness (QED) is 0.0264. The highest BCUT2D eigenvalue weighted by molar-refractivity contribution is 7.13. The lowest BCUT2D eigenvalue weighted by atomic mass is 9.85. The van der Waals surface area contributed by atoms with E-state index >= 15 is 4.39 Å². The molecule has 5 N–H and O–H groups in total. The molecule has 0 radical (unpaired) electrons. The number of hydrogen-bond donors (Lipinski definition) is 5. The molecule has 2 saturated heterocycles. The Kier molecular flexibility index (Phi) is 22.8. The number of likely N-dealkylation sites (tertiary alicyclic amines) is 1. The molecule has 0 unspecified atom stereocenters. The predicted octanol–water partition coefficient (Wildman–Crippen LogP) is 6.39. The van der Waals surface area contributed by atoms with Crippen LogP contribution in [-0.4, -0.2) is 200 Å². The minimum atomic E-state index is -0.992. The van der Waals surface area contributed by atoms with Crippen molar-refractivity contribution in [1.29, 1.82) is 0 Å². The van der Waals surface area contributed by atoms with E-state index in [1.807, 2.05) is 86.6 Å². The van der Waals surface area contributed by atoms with Crippen LogP contribution in [0.2, 0.25) is 5.02 Å². The number of phenolic OH excluding ortho intramolecular Hbond substituents is 1. The molecule has 5 amide bonds. The Bertz CT molecular complexity index is 3360. The second kappa shape index (κ2) is 30.3. The Morgan fingerprint density at radius 3 is 2.27 bits per heavy atom. The Balaban J connectivity index is 0.705. The first-order chi connectivity index (χ1) is 41.3. The average Bonchev–Trinajstić information content (AvgIpc) is 1.06. The molecule has 0 bridgehead atoms. The number of hydrogen-bond acceptors (Lipinski definition) is 17. The summed E-state index contributed by atoms with van der Waals surface area (Å²) in [6, 6.07) is 18.2. The average molecular weight is 1220 g/mol. The number of carbonyl (C=O) groups is 5. The molecule has 3 atom stereocenters. The molecule has 4 aromatic carbocycles. The Morgan fingerprint density at radius 2 is 1.59 bits per heavy atom. The summed E-state index contributed by atoms with van der Waals surface area (Å²) in [5.74, 6) is -1.95. The lowest BCUT2D eigenvalue weighted by Crippen LogP contribution is -2.58. The van der Waals surface area contributed by atoms with Crippen LogP contribution in [0.15, 0.2) is 84.9 Å². The molecule has 8 rings (SSSR count). The fourth-order valence-electron chi connectivity index (χ4n) is 10.3. The summed E-state index contributed by atoms with van der Waals surface area (Å²) >= 11 is 8.47. The molecule has 2 aliphatic heterocycles. The van der Waals surface area contributed by atoms with Gasteiger partial charge in [-0.1, -0.05) is 87.5 Å². The molecule has 0 saturated carbocycles. The number of rotatable bonds is 28. The highest BCUT2D eigenvalue weighted by Crippen LogP contribution is 2.42. The largest absolute Gasteiger partial charge is 0.508 e. The molecule has 2 aliphatic rings. The second-order valence-electron chi connectivity index (χ2n) is 22.2. The van der Waals surface area contributed by atoms with Gasteiger partial charge in [0.2, 0.25) is 35.5 Å². The molecule has 4 heterocycles. The maximum absolute atomic E-state index is 17.0. The van der Waals surface area contributed by atoms with Crippen LogP contribution < -0.4 is 20.9 Å². The van der Waals surface area contributed by atoms with Crippen molar-refractivity contribution in [3.05, 3.63) is 107 Å². The zero-order chi connectivity index (χ0) is 61.5. The number of fused-ring (bicyclic) bond motifs is 2. The zero-order valence-electron chi connectivity index (χ0n) is 49.2. The van der Waals surface area contributed by atoms with Gasteiger partial charge in [-0.25, -0.2) is 14.4 Å². The third kappa shape index (κ3) is 16.8. The van der Waals surface area contributed by atoms with Crippen molar-refractivity contribution in [2.45, 2.75) is 65.1 Å². The fourth-order valence-corrected chi connectivity index (χ4v) is 11.4. The molecule has 6 aromatic rings. The van der Waals surface area contributed by atoms with Gasteiger partial charge in [-0.2, -0.15) is 4.98 Å². The van der Waals surface area contributed by atoms with Crippen molar-refractivity contribution >= 4 is 85.9 Å². The van der Waals surface area contributed by atoms with E-state index in [1.54, 1.807) is 40.3 Å². The molecule has 21 nitrogen and oxygen atoms in total. The molecule has 2 aromatic heterocycles. The first-order valence-corrected chi connectivity index (χ1v) is 30.0. The van der Waals surface area contributed by atoms with Gasteiger partial charge in [-0.15, -0.1) is 11.3 Å². The van der Waals surface area contributed by atoms with Crippen molar-refractivity contribution in [3.63, 3.8) is 0 Å². The highest BCUT2D eigenvalue weighted by Gasteiger charge is 2.44. The number of phenols is 1. The van der Waals surface area contributed by atoms with Crippen LogP contribution in [-0.2, 0) is 49.3 Å². The number of anilines is 2. The van der Waals surface area contributed by atoms with E-state index in [-0.39, 0.29) is 124 Å². The number of halogens is 2. The van der Waals surface area contributed by atoms with E-state index in [0.29, 0.717) is 73.2 Å².